The van der Waals surface area contributed by atoms with E-state index < -0.39 is 33.0 Å². The second-order valence-electron chi connectivity index (χ2n) is 9.54. The van der Waals surface area contributed by atoms with Crippen LogP contribution in [0.1, 0.15) is 16.4 Å². The summed E-state index contributed by atoms with van der Waals surface area (Å²) in [7, 11) is -3.89. The van der Waals surface area contributed by atoms with Crippen LogP contribution in [0.25, 0.3) is 0 Å². The quantitative estimate of drug-likeness (QED) is 0.321. The Morgan fingerprint density at radius 2 is 1.51 bits per heavy atom. The number of nitrogens with two attached hydrogens (primary N) is 1. The van der Waals surface area contributed by atoms with Crippen molar-refractivity contribution < 1.29 is 22.8 Å². The first-order valence-electron chi connectivity index (χ1n) is 12.4. The fraction of sp³-hybridized carbons (Fsp3) is 0.143. The number of thiazole rings is 1. The number of amides is 3. The maximum Gasteiger partial charge on any atom is 0.308 e. The van der Waals surface area contributed by atoms with Crippen LogP contribution in [0.3, 0.4) is 0 Å². The van der Waals surface area contributed by atoms with E-state index in [1.54, 1.807) is 30.3 Å². The maximum absolute atomic E-state index is 13.8. The van der Waals surface area contributed by atoms with Crippen molar-refractivity contribution >= 4 is 62.2 Å². The number of carbonyl (C=O) groups is 3. The molecule has 0 unspecified atom stereocenters. The SMILES string of the molecule is NS(=O)(=O)c1ccc(NC(=O)Cn2c3c(sc2=O)[C@@H](c2ccccc2)[C@@H]2C(=O)N(c4ccccc4)C(=O)[C@@H]2S3)cc1. The number of sulfonamides is 1. The molecule has 3 heterocycles. The zero-order valence-corrected chi connectivity index (χ0v) is 23.6. The van der Waals surface area contributed by atoms with Gasteiger partial charge in [0.05, 0.1) is 21.5 Å². The number of hydrogen-bond acceptors (Lipinski definition) is 8. The third kappa shape index (κ3) is 4.90. The van der Waals surface area contributed by atoms with Crippen molar-refractivity contribution in [3.63, 3.8) is 0 Å². The summed E-state index contributed by atoms with van der Waals surface area (Å²) in [6.45, 7) is -0.335. The summed E-state index contributed by atoms with van der Waals surface area (Å²) in [6, 6.07) is 23.4. The minimum Gasteiger partial charge on any atom is -0.325 e. The number of benzene rings is 3. The van der Waals surface area contributed by atoms with Gasteiger partial charge < -0.3 is 5.32 Å². The summed E-state index contributed by atoms with van der Waals surface area (Å²) in [5, 5.41) is 7.48. The number of carbonyl (C=O) groups excluding carboxylic acids is 3. The summed E-state index contributed by atoms with van der Waals surface area (Å²) in [6.07, 6.45) is 0. The lowest BCUT2D eigenvalue weighted by atomic mass is 9.83. The van der Waals surface area contributed by atoms with Crippen molar-refractivity contribution in [3.8, 4) is 0 Å². The molecular formula is C28H22N4O6S3. The molecule has 0 saturated carbocycles. The first-order valence-corrected chi connectivity index (χ1v) is 15.7. The lowest BCUT2D eigenvalue weighted by molar-refractivity contribution is -0.122. The van der Waals surface area contributed by atoms with Crippen molar-refractivity contribution in [1.29, 1.82) is 0 Å². The smallest absolute Gasteiger partial charge is 0.308 e. The number of imide groups is 1. The molecule has 41 heavy (non-hydrogen) atoms. The number of nitrogens with one attached hydrogen (secondary N) is 1. The van der Waals surface area contributed by atoms with Gasteiger partial charge in [0.2, 0.25) is 27.7 Å². The highest BCUT2D eigenvalue weighted by Crippen LogP contribution is 2.53. The van der Waals surface area contributed by atoms with Crippen molar-refractivity contribution in [2.24, 2.45) is 11.1 Å². The number of rotatable bonds is 6. The zero-order valence-electron chi connectivity index (χ0n) is 21.2. The summed E-state index contributed by atoms with van der Waals surface area (Å²) < 4.78 is 24.3. The van der Waals surface area contributed by atoms with Crippen molar-refractivity contribution in [2.45, 2.75) is 27.6 Å². The molecule has 1 fully saturated rings. The first kappa shape index (κ1) is 27.1. The Kier molecular flexibility index (Phi) is 6.90. The molecule has 1 saturated heterocycles. The van der Waals surface area contributed by atoms with Gasteiger partial charge in [-0.1, -0.05) is 71.6 Å². The summed E-state index contributed by atoms with van der Waals surface area (Å²) in [5.74, 6) is -2.48. The first-order chi connectivity index (χ1) is 19.6. The van der Waals surface area contributed by atoms with Crippen LogP contribution < -0.4 is 20.2 Å². The average Bonchev–Trinajstić information content (AvgIpc) is 3.39. The van der Waals surface area contributed by atoms with Crippen LogP contribution >= 0.6 is 23.1 Å². The van der Waals surface area contributed by atoms with Crippen LogP contribution in [0.5, 0.6) is 0 Å². The van der Waals surface area contributed by atoms with E-state index in [1.807, 2.05) is 30.3 Å². The predicted molar refractivity (Wildman–Crippen MR) is 155 cm³/mol. The highest BCUT2D eigenvalue weighted by atomic mass is 32.2. The van der Waals surface area contributed by atoms with Crippen LogP contribution in [0, 0.1) is 5.92 Å². The molecule has 10 nitrogen and oxygen atoms in total. The van der Waals surface area contributed by atoms with Gasteiger partial charge in [0.25, 0.3) is 0 Å². The number of fused-ring (bicyclic) bond motifs is 2. The van der Waals surface area contributed by atoms with Crippen LogP contribution in [0.4, 0.5) is 11.4 Å². The van der Waals surface area contributed by atoms with E-state index in [9.17, 15) is 27.6 Å². The largest absolute Gasteiger partial charge is 0.325 e. The van der Waals surface area contributed by atoms with Gasteiger partial charge in [0, 0.05) is 16.5 Å². The van der Waals surface area contributed by atoms with E-state index in [-0.39, 0.29) is 28.1 Å². The van der Waals surface area contributed by atoms with E-state index in [2.05, 4.69) is 5.32 Å². The molecule has 0 aliphatic carbocycles. The normalized spacial score (nSPS) is 20.0. The molecular weight excluding hydrogens is 585 g/mol. The maximum atomic E-state index is 13.8. The van der Waals surface area contributed by atoms with E-state index in [0.717, 1.165) is 28.7 Å². The molecule has 3 aromatic carbocycles. The van der Waals surface area contributed by atoms with Crippen LogP contribution in [0.2, 0.25) is 0 Å². The lowest BCUT2D eigenvalue weighted by Gasteiger charge is -2.30. The molecule has 4 aromatic rings. The fourth-order valence-corrected chi connectivity index (χ4v) is 8.47. The minimum absolute atomic E-state index is 0.100. The summed E-state index contributed by atoms with van der Waals surface area (Å²) in [4.78, 5) is 55.1. The van der Waals surface area contributed by atoms with Crippen molar-refractivity contribution in [1.82, 2.24) is 4.57 Å². The zero-order chi connectivity index (χ0) is 28.9. The Bertz CT molecular complexity index is 1840. The van der Waals surface area contributed by atoms with Gasteiger partial charge in [-0.2, -0.15) is 0 Å². The number of nitrogens with zero attached hydrogens (tertiary/aromatic N) is 2. The molecule has 3 atom stereocenters. The average molecular weight is 607 g/mol. The summed E-state index contributed by atoms with van der Waals surface area (Å²) in [5.41, 5.74) is 1.61. The predicted octanol–water partition coefficient (Wildman–Crippen LogP) is 2.99. The second kappa shape index (κ2) is 10.4. The third-order valence-electron chi connectivity index (χ3n) is 6.99. The van der Waals surface area contributed by atoms with Gasteiger partial charge in [-0.05, 0) is 42.0 Å². The van der Waals surface area contributed by atoms with Crippen molar-refractivity contribution in [2.75, 3.05) is 10.2 Å². The topological polar surface area (TPSA) is 149 Å². The Hall–Kier alpha value is -4.04. The fourth-order valence-electron chi connectivity index (χ4n) is 5.18. The highest BCUT2D eigenvalue weighted by Gasteiger charge is 2.56. The molecule has 0 bridgehead atoms. The molecule has 6 rings (SSSR count). The van der Waals surface area contributed by atoms with Gasteiger partial charge in [0.1, 0.15) is 11.8 Å². The molecule has 13 heteroatoms. The Morgan fingerprint density at radius 1 is 0.878 bits per heavy atom. The standard InChI is InChI=1S/C28H22N4O6S3/c29-41(37,38)19-13-11-17(12-14-19)30-20(33)15-31-27-24(40-28(31)36)21(16-7-3-1-4-8-16)22-23(39-27)26(35)32(25(22)34)18-9-5-2-6-10-18/h1-14,21-23H,15H2,(H,30,33)(H2,29,37,38)/t21-,22-,23+/m0/s1. The van der Waals surface area contributed by atoms with Gasteiger partial charge in [-0.3, -0.25) is 23.7 Å². The molecule has 0 spiro atoms. The molecule has 2 aliphatic heterocycles. The third-order valence-corrected chi connectivity index (χ3v) is 10.5. The Labute approximate surface area is 242 Å². The van der Waals surface area contributed by atoms with Gasteiger partial charge in [-0.15, -0.1) is 0 Å². The van der Waals surface area contributed by atoms with Crippen LogP contribution in [-0.4, -0.2) is 36.0 Å². The van der Waals surface area contributed by atoms with Crippen molar-refractivity contribution in [3.05, 3.63) is 105 Å². The molecule has 0 radical (unpaired) electrons. The van der Waals surface area contributed by atoms with Crippen LogP contribution in [0.15, 0.2) is 99.6 Å². The van der Waals surface area contributed by atoms with Crippen LogP contribution in [-0.2, 0) is 31.0 Å². The Morgan fingerprint density at radius 3 is 2.15 bits per heavy atom. The number of para-hydroxylation sites is 1. The lowest BCUT2D eigenvalue weighted by Crippen LogP contribution is -2.33. The van der Waals surface area contributed by atoms with E-state index in [0.29, 0.717) is 21.3 Å². The molecule has 3 N–H and O–H groups in total. The molecule has 2 aliphatic rings. The molecule has 3 amide bonds. The second-order valence-corrected chi connectivity index (χ2v) is 13.2. The Balaban J connectivity index is 1.35. The highest BCUT2D eigenvalue weighted by molar-refractivity contribution is 8.00. The number of primary sulfonamides is 1. The minimum atomic E-state index is -3.89. The van der Waals surface area contributed by atoms with E-state index in [4.69, 9.17) is 5.14 Å². The van der Waals surface area contributed by atoms with Gasteiger partial charge in [-0.25, -0.2) is 18.5 Å². The van der Waals surface area contributed by atoms with E-state index >= 15 is 0 Å². The van der Waals surface area contributed by atoms with Gasteiger partial charge in [0.15, 0.2) is 0 Å². The molecule has 208 valence electrons. The number of thioether (sulfide) groups is 1. The number of anilines is 2. The monoisotopic (exact) mass is 606 g/mol. The summed E-state index contributed by atoms with van der Waals surface area (Å²) >= 11 is 2.10. The molecule has 1 aromatic heterocycles. The van der Waals surface area contributed by atoms with E-state index in [1.165, 1.54) is 33.7 Å². The number of hydrogen-bond donors (Lipinski definition) is 2. The number of aromatic nitrogens is 1. The van der Waals surface area contributed by atoms with Gasteiger partial charge >= 0.3 is 4.87 Å².